The van der Waals surface area contributed by atoms with E-state index in [9.17, 15) is 8.42 Å². The topological polar surface area (TPSA) is 50.6 Å². The highest BCUT2D eigenvalue weighted by Crippen LogP contribution is 2.22. The van der Waals surface area contributed by atoms with Crippen LogP contribution in [0.2, 0.25) is 0 Å². The van der Waals surface area contributed by atoms with Crippen LogP contribution < -0.4 is 9.62 Å². The predicted octanol–water partition coefficient (Wildman–Crippen LogP) is -0.297. The van der Waals surface area contributed by atoms with Gasteiger partial charge in [0.2, 0.25) is 0 Å². The Morgan fingerprint density at radius 2 is 2.12 bits per heavy atom. The Labute approximate surface area is 106 Å². The molecule has 1 atom stereocenters. The molecule has 4 heterocycles. The summed E-state index contributed by atoms with van der Waals surface area (Å²) >= 11 is 1.28. The first-order valence-electron chi connectivity index (χ1n) is 6.04. The van der Waals surface area contributed by atoms with Crippen molar-refractivity contribution in [3.05, 3.63) is 17.5 Å². The summed E-state index contributed by atoms with van der Waals surface area (Å²) in [6.45, 7) is 3.37. The number of piperidine rings is 3. The fourth-order valence-corrected chi connectivity index (χ4v) is 5.26. The molecule has 0 saturated carbocycles. The molecule has 2 bridgehead atoms. The van der Waals surface area contributed by atoms with Crippen LogP contribution in [0, 0.1) is 5.92 Å². The van der Waals surface area contributed by atoms with Gasteiger partial charge in [0.05, 0.1) is 25.7 Å². The number of hydrogen-bond acceptors (Lipinski definition) is 3. The Kier molecular flexibility index (Phi) is 2.98. The molecular formula is C11H17N2O2S2+. The van der Waals surface area contributed by atoms with Crippen molar-refractivity contribution in [3.8, 4) is 0 Å². The van der Waals surface area contributed by atoms with Crippen LogP contribution in [0.25, 0.3) is 0 Å². The number of nitrogens with one attached hydrogen (secondary N) is 2. The molecule has 0 unspecified atom stereocenters. The predicted molar refractivity (Wildman–Crippen MR) is 66.7 cm³/mol. The van der Waals surface area contributed by atoms with Gasteiger partial charge in [0.25, 0.3) is 10.0 Å². The Hall–Kier alpha value is -0.430. The van der Waals surface area contributed by atoms with Gasteiger partial charge in [-0.05, 0) is 17.4 Å². The maximum Gasteiger partial charge on any atom is 0.250 e. The smallest absolute Gasteiger partial charge is 0.250 e. The van der Waals surface area contributed by atoms with Crippen molar-refractivity contribution in [3.63, 3.8) is 0 Å². The van der Waals surface area contributed by atoms with Crippen LogP contribution in [0.5, 0.6) is 0 Å². The molecule has 0 amide bonds. The molecule has 94 valence electrons. The molecule has 1 aromatic heterocycles. The van der Waals surface area contributed by atoms with Crippen LogP contribution >= 0.6 is 11.3 Å². The van der Waals surface area contributed by atoms with Crippen molar-refractivity contribution in [1.82, 2.24) is 4.72 Å². The van der Waals surface area contributed by atoms with Crippen molar-refractivity contribution in [2.45, 2.75) is 23.1 Å². The van der Waals surface area contributed by atoms with Crippen LogP contribution in [-0.4, -0.2) is 34.1 Å². The highest BCUT2D eigenvalue weighted by atomic mass is 32.2. The van der Waals surface area contributed by atoms with Gasteiger partial charge < -0.3 is 4.90 Å². The summed E-state index contributed by atoms with van der Waals surface area (Å²) in [5, 5.41) is 1.80. The first kappa shape index (κ1) is 11.6. The molecule has 3 saturated heterocycles. The van der Waals surface area contributed by atoms with E-state index >= 15 is 0 Å². The van der Waals surface area contributed by atoms with Crippen LogP contribution in [-0.2, 0) is 10.0 Å². The molecule has 4 rings (SSSR count). The van der Waals surface area contributed by atoms with Gasteiger partial charge in [-0.15, -0.1) is 11.3 Å². The van der Waals surface area contributed by atoms with Crippen LogP contribution in [0.1, 0.15) is 12.8 Å². The molecule has 17 heavy (non-hydrogen) atoms. The molecule has 3 aliphatic rings. The molecule has 6 heteroatoms. The summed E-state index contributed by atoms with van der Waals surface area (Å²) in [6.07, 6.45) is 2.32. The first-order valence-corrected chi connectivity index (χ1v) is 8.41. The minimum absolute atomic E-state index is 0.139. The summed E-state index contributed by atoms with van der Waals surface area (Å²) in [5.74, 6) is 0.544. The van der Waals surface area contributed by atoms with Gasteiger partial charge in [0.15, 0.2) is 0 Å². The SMILES string of the molecule is O=S(=O)(N[C@@H]1C[NH+]2CCC1CC2)c1cccs1. The largest absolute Gasteiger partial charge is 0.334 e. The average Bonchev–Trinajstić information content (AvgIpc) is 2.84. The van der Waals surface area contributed by atoms with Gasteiger partial charge in [-0.3, -0.25) is 0 Å². The molecule has 2 N–H and O–H groups in total. The lowest BCUT2D eigenvalue weighted by atomic mass is 9.85. The molecule has 0 aromatic carbocycles. The first-order chi connectivity index (χ1) is 8.15. The summed E-state index contributed by atoms with van der Waals surface area (Å²) in [6, 6.07) is 3.59. The zero-order chi connectivity index (χ0) is 11.9. The van der Waals surface area contributed by atoms with E-state index in [1.54, 1.807) is 22.4 Å². The van der Waals surface area contributed by atoms with E-state index in [4.69, 9.17) is 0 Å². The average molecular weight is 273 g/mol. The van der Waals surface area contributed by atoms with Crippen molar-refractivity contribution in [2.75, 3.05) is 19.6 Å². The highest BCUT2D eigenvalue weighted by molar-refractivity contribution is 7.91. The molecule has 3 aliphatic heterocycles. The summed E-state index contributed by atoms with van der Waals surface area (Å²) in [7, 11) is -3.28. The zero-order valence-electron chi connectivity index (χ0n) is 9.56. The second-order valence-electron chi connectivity index (χ2n) is 4.95. The number of rotatable bonds is 3. The van der Waals surface area contributed by atoms with Gasteiger partial charge in [-0.2, -0.15) is 0 Å². The van der Waals surface area contributed by atoms with Crippen LogP contribution in [0.15, 0.2) is 21.7 Å². The minimum atomic E-state index is -3.28. The van der Waals surface area contributed by atoms with E-state index in [0.717, 1.165) is 19.4 Å². The Balaban J connectivity index is 1.75. The number of thiophene rings is 1. The Bertz CT molecular complexity index is 476. The lowest BCUT2D eigenvalue weighted by molar-refractivity contribution is -0.917. The summed E-state index contributed by atoms with van der Waals surface area (Å²) in [4.78, 5) is 1.55. The third-order valence-electron chi connectivity index (χ3n) is 3.88. The fourth-order valence-electron chi connectivity index (χ4n) is 2.94. The van der Waals surface area contributed by atoms with Crippen LogP contribution in [0.4, 0.5) is 0 Å². The second kappa shape index (κ2) is 4.35. The van der Waals surface area contributed by atoms with Crippen molar-refractivity contribution in [2.24, 2.45) is 5.92 Å². The van der Waals surface area contributed by atoms with E-state index in [1.165, 1.54) is 24.4 Å². The maximum absolute atomic E-state index is 12.1. The lowest BCUT2D eigenvalue weighted by Crippen LogP contribution is -3.17. The monoisotopic (exact) mass is 273 g/mol. The summed E-state index contributed by atoms with van der Waals surface area (Å²) in [5.41, 5.74) is 0. The van der Waals surface area contributed by atoms with E-state index in [2.05, 4.69) is 4.72 Å². The van der Waals surface area contributed by atoms with E-state index in [1.807, 2.05) is 0 Å². The zero-order valence-corrected chi connectivity index (χ0v) is 11.2. The van der Waals surface area contributed by atoms with E-state index in [-0.39, 0.29) is 6.04 Å². The maximum atomic E-state index is 12.1. The quantitative estimate of drug-likeness (QED) is 0.795. The highest BCUT2D eigenvalue weighted by Gasteiger charge is 2.39. The van der Waals surface area contributed by atoms with Gasteiger partial charge in [0, 0.05) is 12.8 Å². The minimum Gasteiger partial charge on any atom is -0.334 e. The fraction of sp³-hybridized carbons (Fsp3) is 0.636. The molecule has 0 spiro atoms. The standard InChI is InChI=1S/C11H16N2O2S2/c14-17(15,11-2-1-7-16-11)12-10-8-13-5-3-9(10)4-6-13/h1-2,7,9-10,12H,3-6,8H2/p+1/t10-/m1/s1. The number of fused-ring (bicyclic) bond motifs is 3. The van der Waals surface area contributed by atoms with Crippen LogP contribution in [0.3, 0.4) is 0 Å². The van der Waals surface area contributed by atoms with Gasteiger partial charge in [-0.25, -0.2) is 13.1 Å². The lowest BCUT2D eigenvalue weighted by Gasteiger charge is -2.41. The Morgan fingerprint density at radius 1 is 1.35 bits per heavy atom. The van der Waals surface area contributed by atoms with Gasteiger partial charge in [-0.1, -0.05) is 6.07 Å². The number of quaternary nitrogens is 1. The van der Waals surface area contributed by atoms with Gasteiger partial charge in [0.1, 0.15) is 4.21 Å². The molecular weight excluding hydrogens is 256 g/mol. The molecule has 0 radical (unpaired) electrons. The summed E-state index contributed by atoms with van der Waals surface area (Å²) < 4.78 is 27.6. The van der Waals surface area contributed by atoms with Gasteiger partial charge >= 0.3 is 0 Å². The van der Waals surface area contributed by atoms with E-state index in [0.29, 0.717) is 10.1 Å². The number of hydrogen-bond donors (Lipinski definition) is 2. The van der Waals surface area contributed by atoms with Crippen molar-refractivity contribution in [1.29, 1.82) is 0 Å². The van der Waals surface area contributed by atoms with E-state index < -0.39 is 10.0 Å². The van der Waals surface area contributed by atoms with Crippen molar-refractivity contribution >= 4 is 21.4 Å². The molecule has 3 fully saturated rings. The second-order valence-corrected chi connectivity index (χ2v) is 7.84. The molecule has 1 aromatic rings. The Morgan fingerprint density at radius 3 is 2.65 bits per heavy atom. The third kappa shape index (κ3) is 2.27. The van der Waals surface area contributed by atoms with Crippen molar-refractivity contribution < 1.29 is 13.3 Å². The molecule has 0 aliphatic carbocycles. The third-order valence-corrected chi connectivity index (χ3v) is 6.77. The normalized spacial score (nSPS) is 32.8. The molecule has 4 nitrogen and oxygen atoms in total. The number of sulfonamides is 1.